The van der Waals surface area contributed by atoms with Crippen LogP contribution in [-0.2, 0) is 16.1 Å². The van der Waals surface area contributed by atoms with Crippen molar-refractivity contribution < 1.29 is 9.53 Å². The molecular formula is C19H26Cl2N2O2. The van der Waals surface area contributed by atoms with Gasteiger partial charge in [-0.25, -0.2) is 0 Å². The van der Waals surface area contributed by atoms with Crippen LogP contribution in [0.25, 0.3) is 0 Å². The number of carbonyl (C=O) groups excluding carboxylic acids is 1. The number of likely N-dealkylation sites (tertiary alicyclic amines) is 1. The van der Waals surface area contributed by atoms with Crippen LogP contribution < -0.4 is 5.32 Å². The molecule has 2 aliphatic heterocycles. The molecule has 3 rings (SSSR count). The number of nitrogens with one attached hydrogen (secondary N) is 1. The van der Waals surface area contributed by atoms with E-state index in [1.54, 1.807) is 6.07 Å². The van der Waals surface area contributed by atoms with Gasteiger partial charge in [0.25, 0.3) is 0 Å². The molecule has 1 amide bonds. The fourth-order valence-electron chi connectivity index (χ4n) is 3.63. The molecule has 25 heavy (non-hydrogen) atoms. The third-order valence-corrected chi connectivity index (χ3v) is 5.76. The second kappa shape index (κ2) is 9.22. The first kappa shape index (κ1) is 19.0. The lowest BCUT2D eigenvalue weighted by molar-refractivity contribution is -0.123. The Morgan fingerprint density at radius 1 is 1.16 bits per heavy atom. The van der Waals surface area contributed by atoms with E-state index in [9.17, 15) is 4.79 Å². The van der Waals surface area contributed by atoms with Crippen LogP contribution in [0.1, 0.15) is 37.7 Å². The number of halogens is 2. The zero-order valence-electron chi connectivity index (χ0n) is 14.5. The van der Waals surface area contributed by atoms with Crippen molar-refractivity contribution in [2.45, 2.75) is 44.7 Å². The minimum Gasteiger partial charge on any atom is -0.381 e. The van der Waals surface area contributed by atoms with E-state index in [0.717, 1.165) is 69.1 Å². The summed E-state index contributed by atoms with van der Waals surface area (Å²) in [5.74, 6) is 0.683. The first-order chi connectivity index (χ1) is 12.1. The van der Waals surface area contributed by atoms with Crippen molar-refractivity contribution in [1.82, 2.24) is 10.2 Å². The maximum absolute atomic E-state index is 12.2. The lowest BCUT2D eigenvalue weighted by Crippen LogP contribution is -2.41. The molecule has 2 aliphatic rings. The number of carbonyl (C=O) groups is 1. The Morgan fingerprint density at radius 2 is 1.88 bits per heavy atom. The van der Waals surface area contributed by atoms with Crippen molar-refractivity contribution in [3.05, 3.63) is 33.8 Å². The van der Waals surface area contributed by atoms with E-state index in [4.69, 9.17) is 27.9 Å². The predicted molar refractivity (Wildman–Crippen MR) is 101 cm³/mol. The van der Waals surface area contributed by atoms with Crippen LogP contribution in [0, 0.1) is 5.92 Å². The van der Waals surface area contributed by atoms with Crippen molar-refractivity contribution in [3.63, 3.8) is 0 Å². The number of amides is 1. The first-order valence-corrected chi connectivity index (χ1v) is 9.89. The van der Waals surface area contributed by atoms with Gasteiger partial charge in [0.1, 0.15) is 0 Å². The zero-order valence-corrected chi connectivity index (χ0v) is 16.0. The molecule has 4 nitrogen and oxygen atoms in total. The molecule has 0 bridgehead atoms. The molecule has 0 spiro atoms. The maximum atomic E-state index is 12.2. The van der Waals surface area contributed by atoms with Gasteiger partial charge in [0.15, 0.2) is 0 Å². The molecular weight excluding hydrogens is 359 g/mol. The van der Waals surface area contributed by atoms with Gasteiger partial charge in [-0.05, 0) is 62.4 Å². The van der Waals surface area contributed by atoms with Gasteiger partial charge in [-0.3, -0.25) is 9.69 Å². The quantitative estimate of drug-likeness (QED) is 0.836. The summed E-state index contributed by atoms with van der Waals surface area (Å²) in [7, 11) is 0. The van der Waals surface area contributed by atoms with E-state index in [1.165, 1.54) is 0 Å². The van der Waals surface area contributed by atoms with Crippen molar-refractivity contribution in [2.24, 2.45) is 5.92 Å². The average Bonchev–Trinajstić information content (AvgIpc) is 2.60. The summed E-state index contributed by atoms with van der Waals surface area (Å²) >= 11 is 12.2. The van der Waals surface area contributed by atoms with Gasteiger partial charge < -0.3 is 10.1 Å². The Bertz CT molecular complexity index is 583. The molecule has 1 aromatic rings. The molecule has 1 aromatic carbocycles. The molecule has 0 unspecified atom stereocenters. The molecule has 2 heterocycles. The van der Waals surface area contributed by atoms with Gasteiger partial charge in [0.05, 0.1) is 0 Å². The molecule has 138 valence electrons. The molecule has 0 aliphatic carbocycles. The second-order valence-electron chi connectivity index (χ2n) is 7.11. The maximum Gasteiger partial charge on any atom is 0.220 e. The molecule has 6 heteroatoms. The van der Waals surface area contributed by atoms with Crippen molar-refractivity contribution in [3.8, 4) is 0 Å². The van der Waals surface area contributed by atoms with Gasteiger partial charge >= 0.3 is 0 Å². The Balaban J connectivity index is 1.40. The number of rotatable bonds is 5. The number of hydrogen-bond donors (Lipinski definition) is 1. The fourth-order valence-corrected chi connectivity index (χ4v) is 4.10. The molecule has 0 atom stereocenters. The number of hydrogen-bond acceptors (Lipinski definition) is 3. The van der Waals surface area contributed by atoms with E-state index in [2.05, 4.69) is 10.2 Å². The van der Waals surface area contributed by atoms with E-state index in [-0.39, 0.29) is 5.91 Å². The van der Waals surface area contributed by atoms with Crippen LogP contribution in [0.15, 0.2) is 18.2 Å². The Hall–Kier alpha value is -0.810. The molecule has 2 saturated heterocycles. The number of benzene rings is 1. The monoisotopic (exact) mass is 384 g/mol. The van der Waals surface area contributed by atoms with Crippen molar-refractivity contribution in [2.75, 3.05) is 26.3 Å². The highest BCUT2D eigenvalue weighted by Crippen LogP contribution is 2.26. The summed E-state index contributed by atoms with van der Waals surface area (Å²) in [5, 5.41) is 4.56. The smallest absolute Gasteiger partial charge is 0.220 e. The lowest BCUT2D eigenvalue weighted by atomic mass is 9.92. The molecule has 0 radical (unpaired) electrons. The van der Waals surface area contributed by atoms with Crippen LogP contribution in [0.5, 0.6) is 0 Å². The minimum atomic E-state index is 0.200. The third kappa shape index (κ3) is 5.85. The van der Waals surface area contributed by atoms with E-state index in [1.807, 2.05) is 12.1 Å². The SMILES string of the molecule is O=C(CC1CCN(Cc2ccc(Cl)cc2Cl)CC1)NC1CCOCC1. The Morgan fingerprint density at radius 3 is 2.56 bits per heavy atom. The Kier molecular flexibility index (Phi) is 7.00. The Labute approximate surface area is 159 Å². The second-order valence-corrected chi connectivity index (χ2v) is 7.96. The number of ether oxygens (including phenoxy) is 1. The van der Waals surface area contributed by atoms with Crippen LogP contribution >= 0.6 is 23.2 Å². The topological polar surface area (TPSA) is 41.6 Å². The number of nitrogens with zero attached hydrogens (tertiary/aromatic N) is 1. The predicted octanol–water partition coefficient (Wildman–Crippen LogP) is 3.89. The van der Waals surface area contributed by atoms with Crippen LogP contribution in [0.3, 0.4) is 0 Å². The van der Waals surface area contributed by atoms with Crippen molar-refractivity contribution in [1.29, 1.82) is 0 Å². The van der Waals surface area contributed by atoms with Crippen LogP contribution in [0.2, 0.25) is 10.0 Å². The highest BCUT2D eigenvalue weighted by Gasteiger charge is 2.23. The summed E-state index contributed by atoms with van der Waals surface area (Å²) in [6, 6.07) is 5.98. The van der Waals surface area contributed by atoms with Gasteiger partial charge in [0, 0.05) is 42.3 Å². The van der Waals surface area contributed by atoms with Crippen LogP contribution in [0.4, 0.5) is 0 Å². The van der Waals surface area contributed by atoms with Gasteiger partial charge in [-0.15, -0.1) is 0 Å². The standard InChI is InChI=1S/C19H26Cl2N2O2/c20-16-2-1-15(18(21)12-16)13-23-7-3-14(4-8-23)11-19(24)22-17-5-9-25-10-6-17/h1-2,12,14,17H,3-11,13H2,(H,22,24). The molecule has 2 fully saturated rings. The highest BCUT2D eigenvalue weighted by atomic mass is 35.5. The average molecular weight is 385 g/mol. The zero-order chi connectivity index (χ0) is 17.6. The summed E-state index contributed by atoms with van der Waals surface area (Å²) in [6.45, 7) is 4.38. The summed E-state index contributed by atoms with van der Waals surface area (Å²) in [6.07, 6.45) is 4.64. The van der Waals surface area contributed by atoms with Gasteiger partial charge in [-0.1, -0.05) is 29.3 Å². The summed E-state index contributed by atoms with van der Waals surface area (Å²) in [5.41, 5.74) is 1.11. The molecule has 0 saturated carbocycles. The molecule has 0 aromatic heterocycles. The number of piperidine rings is 1. The molecule has 1 N–H and O–H groups in total. The van der Waals surface area contributed by atoms with E-state index >= 15 is 0 Å². The summed E-state index contributed by atoms with van der Waals surface area (Å²) < 4.78 is 5.33. The largest absolute Gasteiger partial charge is 0.381 e. The first-order valence-electron chi connectivity index (χ1n) is 9.13. The van der Waals surface area contributed by atoms with E-state index < -0.39 is 0 Å². The van der Waals surface area contributed by atoms with Gasteiger partial charge in [0.2, 0.25) is 5.91 Å². The van der Waals surface area contributed by atoms with Gasteiger partial charge in [-0.2, -0.15) is 0 Å². The van der Waals surface area contributed by atoms with Crippen molar-refractivity contribution >= 4 is 29.1 Å². The third-order valence-electron chi connectivity index (χ3n) is 5.18. The normalized spacial score (nSPS) is 20.6. The summed E-state index contributed by atoms with van der Waals surface area (Å²) in [4.78, 5) is 14.6. The fraction of sp³-hybridized carbons (Fsp3) is 0.632. The van der Waals surface area contributed by atoms with Crippen LogP contribution in [-0.4, -0.2) is 43.2 Å². The minimum absolute atomic E-state index is 0.200. The lowest BCUT2D eigenvalue weighted by Gasteiger charge is -2.32. The van der Waals surface area contributed by atoms with E-state index in [0.29, 0.717) is 23.4 Å². The highest BCUT2D eigenvalue weighted by molar-refractivity contribution is 6.35.